The van der Waals surface area contributed by atoms with Crippen molar-refractivity contribution in [2.75, 3.05) is 20.3 Å². The lowest BCUT2D eigenvalue weighted by atomic mass is 9.94. The Morgan fingerprint density at radius 3 is 2.68 bits per heavy atom. The molecule has 1 aliphatic heterocycles. The standard InChI is InChI=1S/C16H33NO2/c1-5-11-17-15(16(18-4)13(2)3)10-6-8-14-9-7-12-19-14/h13-17H,5-12H2,1-4H3. The predicted molar refractivity (Wildman–Crippen MR) is 80.5 cm³/mol. The van der Waals surface area contributed by atoms with Crippen LogP contribution >= 0.6 is 0 Å². The molecule has 114 valence electrons. The first-order valence-electron chi connectivity index (χ1n) is 8.06. The molecule has 3 unspecified atom stereocenters. The summed E-state index contributed by atoms with van der Waals surface area (Å²) in [4.78, 5) is 0. The highest BCUT2D eigenvalue weighted by Gasteiger charge is 2.24. The van der Waals surface area contributed by atoms with Gasteiger partial charge >= 0.3 is 0 Å². The molecule has 3 heteroatoms. The van der Waals surface area contributed by atoms with Crippen molar-refractivity contribution < 1.29 is 9.47 Å². The predicted octanol–water partition coefficient (Wildman–Crippen LogP) is 3.37. The molecule has 0 aromatic rings. The van der Waals surface area contributed by atoms with Crippen molar-refractivity contribution in [3.05, 3.63) is 0 Å². The maximum atomic E-state index is 5.70. The van der Waals surface area contributed by atoms with E-state index >= 15 is 0 Å². The van der Waals surface area contributed by atoms with Crippen molar-refractivity contribution in [2.45, 2.75) is 77.5 Å². The minimum Gasteiger partial charge on any atom is -0.380 e. The third-order valence-corrected chi connectivity index (χ3v) is 4.05. The third-order valence-electron chi connectivity index (χ3n) is 4.05. The monoisotopic (exact) mass is 271 g/mol. The van der Waals surface area contributed by atoms with Gasteiger partial charge in [0.25, 0.3) is 0 Å². The van der Waals surface area contributed by atoms with Crippen LogP contribution in [0, 0.1) is 5.92 Å². The van der Waals surface area contributed by atoms with Crippen LogP contribution in [0.4, 0.5) is 0 Å². The Hall–Kier alpha value is -0.120. The highest BCUT2D eigenvalue weighted by molar-refractivity contribution is 4.80. The molecular formula is C16H33NO2. The molecule has 0 radical (unpaired) electrons. The molecule has 1 saturated heterocycles. The van der Waals surface area contributed by atoms with Crippen LogP contribution in [0.5, 0.6) is 0 Å². The van der Waals surface area contributed by atoms with Crippen LogP contribution in [-0.2, 0) is 9.47 Å². The summed E-state index contributed by atoms with van der Waals surface area (Å²) >= 11 is 0. The molecule has 3 nitrogen and oxygen atoms in total. The number of hydrogen-bond acceptors (Lipinski definition) is 3. The van der Waals surface area contributed by atoms with Crippen molar-refractivity contribution >= 4 is 0 Å². The van der Waals surface area contributed by atoms with E-state index < -0.39 is 0 Å². The van der Waals surface area contributed by atoms with Gasteiger partial charge in [-0.25, -0.2) is 0 Å². The SMILES string of the molecule is CCCNC(CCCC1CCCO1)C(OC)C(C)C. The summed E-state index contributed by atoms with van der Waals surface area (Å²) in [6.45, 7) is 8.75. The lowest BCUT2D eigenvalue weighted by Gasteiger charge is -2.30. The summed E-state index contributed by atoms with van der Waals surface area (Å²) in [7, 11) is 1.84. The fourth-order valence-electron chi connectivity index (χ4n) is 3.05. The number of methoxy groups -OCH3 is 1. The van der Waals surface area contributed by atoms with Gasteiger partial charge in [0.2, 0.25) is 0 Å². The van der Waals surface area contributed by atoms with E-state index in [9.17, 15) is 0 Å². The summed E-state index contributed by atoms with van der Waals surface area (Å²) in [5, 5.41) is 3.66. The second-order valence-corrected chi connectivity index (χ2v) is 6.07. The minimum atomic E-state index is 0.316. The van der Waals surface area contributed by atoms with Crippen LogP contribution in [0.3, 0.4) is 0 Å². The number of ether oxygens (including phenoxy) is 2. The molecule has 1 aliphatic rings. The Kier molecular flexibility index (Phi) is 8.67. The van der Waals surface area contributed by atoms with Crippen molar-refractivity contribution in [3.8, 4) is 0 Å². The Bertz CT molecular complexity index is 215. The molecule has 0 aromatic heterocycles. The van der Waals surface area contributed by atoms with Gasteiger partial charge in [-0.3, -0.25) is 0 Å². The molecule has 0 amide bonds. The maximum absolute atomic E-state index is 5.70. The van der Waals surface area contributed by atoms with E-state index in [4.69, 9.17) is 9.47 Å². The largest absolute Gasteiger partial charge is 0.380 e. The van der Waals surface area contributed by atoms with Gasteiger partial charge in [0.15, 0.2) is 0 Å². The van der Waals surface area contributed by atoms with Crippen LogP contribution in [0.25, 0.3) is 0 Å². The highest BCUT2D eigenvalue weighted by Crippen LogP contribution is 2.20. The number of rotatable bonds is 10. The zero-order chi connectivity index (χ0) is 14.1. The second kappa shape index (κ2) is 9.73. The molecule has 0 aromatic carbocycles. The van der Waals surface area contributed by atoms with E-state index in [1.807, 2.05) is 7.11 Å². The molecule has 1 N–H and O–H groups in total. The molecule has 0 saturated carbocycles. The summed E-state index contributed by atoms with van der Waals surface area (Å²) < 4.78 is 11.4. The van der Waals surface area contributed by atoms with Crippen LogP contribution in [0.2, 0.25) is 0 Å². The summed E-state index contributed by atoms with van der Waals surface area (Å²) in [6.07, 6.45) is 8.15. The van der Waals surface area contributed by atoms with Gasteiger partial charge in [-0.15, -0.1) is 0 Å². The lowest BCUT2D eigenvalue weighted by molar-refractivity contribution is 0.0281. The van der Waals surface area contributed by atoms with Gasteiger partial charge in [-0.2, -0.15) is 0 Å². The van der Waals surface area contributed by atoms with Crippen molar-refractivity contribution in [1.29, 1.82) is 0 Å². The van der Waals surface area contributed by atoms with Gasteiger partial charge in [0.1, 0.15) is 0 Å². The van der Waals surface area contributed by atoms with E-state index in [-0.39, 0.29) is 0 Å². The molecule has 0 spiro atoms. The average molecular weight is 271 g/mol. The van der Waals surface area contributed by atoms with Crippen LogP contribution < -0.4 is 5.32 Å². The van der Waals surface area contributed by atoms with E-state index in [0.717, 1.165) is 13.2 Å². The number of nitrogens with one attached hydrogen (secondary N) is 1. The van der Waals surface area contributed by atoms with Crippen molar-refractivity contribution in [2.24, 2.45) is 5.92 Å². The lowest BCUT2D eigenvalue weighted by Crippen LogP contribution is -2.44. The second-order valence-electron chi connectivity index (χ2n) is 6.07. The van der Waals surface area contributed by atoms with Crippen LogP contribution in [-0.4, -0.2) is 38.5 Å². The zero-order valence-electron chi connectivity index (χ0n) is 13.3. The topological polar surface area (TPSA) is 30.5 Å². The Labute approximate surface area is 119 Å². The maximum Gasteiger partial charge on any atom is 0.0747 e. The van der Waals surface area contributed by atoms with Crippen molar-refractivity contribution in [1.82, 2.24) is 5.32 Å². The van der Waals surface area contributed by atoms with Crippen molar-refractivity contribution in [3.63, 3.8) is 0 Å². The summed E-state index contributed by atoms with van der Waals surface area (Å²) in [6, 6.07) is 0.478. The molecule has 0 bridgehead atoms. The molecule has 1 fully saturated rings. The Morgan fingerprint density at radius 1 is 1.37 bits per heavy atom. The zero-order valence-corrected chi connectivity index (χ0v) is 13.3. The molecule has 19 heavy (non-hydrogen) atoms. The van der Waals surface area contributed by atoms with Gasteiger partial charge in [-0.05, 0) is 51.0 Å². The quantitative estimate of drug-likeness (QED) is 0.661. The Balaban J connectivity index is 2.34. The molecule has 1 heterocycles. The van der Waals surface area contributed by atoms with E-state index in [1.165, 1.54) is 38.5 Å². The minimum absolute atomic E-state index is 0.316. The molecule has 1 rings (SSSR count). The van der Waals surface area contributed by atoms with E-state index in [0.29, 0.717) is 24.2 Å². The van der Waals surface area contributed by atoms with Gasteiger partial charge in [0.05, 0.1) is 12.2 Å². The number of hydrogen-bond donors (Lipinski definition) is 1. The molecule has 0 aliphatic carbocycles. The average Bonchev–Trinajstić information content (AvgIpc) is 2.88. The highest BCUT2D eigenvalue weighted by atomic mass is 16.5. The van der Waals surface area contributed by atoms with Crippen LogP contribution in [0.1, 0.15) is 59.3 Å². The fourth-order valence-corrected chi connectivity index (χ4v) is 3.05. The van der Waals surface area contributed by atoms with E-state index in [1.54, 1.807) is 0 Å². The fraction of sp³-hybridized carbons (Fsp3) is 1.00. The first-order valence-corrected chi connectivity index (χ1v) is 8.06. The summed E-state index contributed by atoms with van der Waals surface area (Å²) in [5.41, 5.74) is 0. The molecule has 3 atom stereocenters. The Morgan fingerprint density at radius 2 is 2.16 bits per heavy atom. The molecular weight excluding hydrogens is 238 g/mol. The van der Waals surface area contributed by atoms with Gasteiger partial charge in [0, 0.05) is 19.8 Å². The summed E-state index contributed by atoms with van der Waals surface area (Å²) in [5.74, 6) is 0.557. The first-order chi connectivity index (χ1) is 9.19. The smallest absolute Gasteiger partial charge is 0.0747 e. The first kappa shape index (κ1) is 16.9. The van der Waals surface area contributed by atoms with Crippen LogP contribution in [0.15, 0.2) is 0 Å². The normalized spacial score (nSPS) is 22.9. The van der Waals surface area contributed by atoms with Gasteiger partial charge < -0.3 is 14.8 Å². The third kappa shape index (κ3) is 6.24. The van der Waals surface area contributed by atoms with Gasteiger partial charge in [-0.1, -0.05) is 20.8 Å². The van der Waals surface area contributed by atoms with E-state index in [2.05, 4.69) is 26.1 Å².